The highest BCUT2D eigenvalue weighted by Gasteiger charge is 2.34. The molecule has 1 aliphatic heterocycles. The number of para-hydroxylation sites is 1. The molecule has 0 fully saturated rings. The van der Waals surface area contributed by atoms with Crippen LogP contribution in [0.25, 0.3) is 0 Å². The van der Waals surface area contributed by atoms with Crippen LogP contribution in [-0.2, 0) is 15.3 Å². The minimum absolute atomic E-state index is 0.146. The molecule has 0 bridgehead atoms. The van der Waals surface area contributed by atoms with E-state index >= 15 is 0 Å². The van der Waals surface area contributed by atoms with Crippen LogP contribution in [-0.4, -0.2) is 26.6 Å². The van der Waals surface area contributed by atoms with Crippen LogP contribution in [0.4, 0.5) is 17.3 Å². The number of allylic oxidation sites excluding steroid dienone is 1. The maximum absolute atomic E-state index is 13.6. The molecule has 5 rings (SSSR count). The van der Waals surface area contributed by atoms with Crippen molar-refractivity contribution in [3.8, 4) is 0 Å². The van der Waals surface area contributed by atoms with Crippen molar-refractivity contribution >= 4 is 40.9 Å². The summed E-state index contributed by atoms with van der Waals surface area (Å²) in [6.45, 7) is 3.34. The van der Waals surface area contributed by atoms with Gasteiger partial charge in [-0.15, -0.1) is 5.10 Å². The summed E-state index contributed by atoms with van der Waals surface area (Å²) in [5, 5.41) is 14.5. The van der Waals surface area contributed by atoms with Crippen molar-refractivity contribution in [2.24, 2.45) is 0 Å². The second-order valence-corrected chi connectivity index (χ2v) is 9.57. The van der Waals surface area contributed by atoms with Gasteiger partial charge in [-0.25, -0.2) is 4.68 Å². The second kappa shape index (κ2) is 10.7. The summed E-state index contributed by atoms with van der Waals surface area (Å²) in [7, 11) is 0. The van der Waals surface area contributed by atoms with Crippen molar-refractivity contribution in [3.63, 3.8) is 0 Å². The molecule has 37 heavy (non-hydrogen) atoms. The van der Waals surface area contributed by atoms with E-state index in [1.165, 1.54) is 24.2 Å². The first-order chi connectivity index (χ1) is 18.0. The van der Waals surface area contributed by atoms with Crippen LogP contribution in [0.2, 0.25) is 0 Å². The van der Waals surface area contributed by atoms with Gasteiger partial charge < -0.3 is 16.0 Å². The molecular weight excluding hydrogens is 484 g/mol. The molecule has 3 aromatic carbocycles. The Morgan fingerprint density at radius 1 is 0.919 bits per heavy atom. The first-order valence-electron chi connectivity index (χ1n) is 11.8. The van der Waals surface area contributed by atoms with Crippen LogP contribution in [0.5, 0.6) is 0 Å². The highest BCUT2D eigenvalue weighted by atomic mass is 32.2. The number of rotatable bonds is 7. The third-order valence-electron chi connectivity index (χ3n) is 5.87. The molecule has 0 spiro atoms. The zero-order valence-corrected chi connectivity index (χ0v) is 21.3. The maximum Gasteiger partial charge on any atom is 0.255 e. The lowest BCUT2D eigenvalue weighted by molar-refractivity contribution is -0.114. The minimum atomic E-state index is -0.509. The summed E-state index contributed by atoms with van der Waals surface area (Å²) < 4.78 is 1.76. The zero-order valence-electron chi connectivity index (χ0n) is 20.4. The molecule has 2 heterocycles. The van der Waals surface area contributed by atoms with Gasteiger partial charge in [0, 0.05) is 29.7 Å². The van der Waals surface area contributed by atoms with Crippen LogP contribution >= 0.6 is 11.8 Å². The number of aromatic nitrogens is 3. The van der Waals surface area contributed by atoms with Gasteiger partial charge in [-0.1, -0.05) is 72.4 Å². The Morgan fingerprint density at radius 3 is 2.24 bits per heavy atom. The summed E-state index contributed by atoms with van der Waals surface area (Å²) in [4.78, 5) is 29.8. The molecule has 4 aromatic rings. The minimum Gasteiger partial charge on any atom is -0.328 e. The molecule has 186 valence electrons. The van der Waals surface area contributed by atoms with E-state index < -0.39 is 6.04 Å². The van der Waals surface area contributed by atoms with Gasteiger partial charge in [0.25, 0.3) is 5.91 Å². The number of nitrogens with one attached hydrogen (secondary N) is 3. The van der Waals surface area contributed by atoms with E-state index in [4.69, 9.17) is 10.1 Å². The molecule has 1 atom stereocenters. The molecule has 1 aliphatic rings. The predicted octanol–water partition coefficient (Wildman–Crippen LogP) is 5.46. The van der Waals surface area contributed by atoms with Crippen LogP contribution in [0.3, 0.4) is 0 Å². The summed E-state index contributed by atoms with van der Waals surface area (Å²) in [6.07, 6.45) is 0. The molecule has 9 heteroatoms. The van der Waals surface area contributed by atoms with Gasteiger partial charge in [0.05, 0.1) is 5.57 Å². The van der Waals surface area contributed by atoms with E-state index in [0.717, 1.165) is 11.3 Å². The molecule has 1 aromatic heterocycles. The number of amides is 2. The Hall–Kier alpha value is -4.37. The van der Waals surface area contributed by atoms with Crippen LogP contribution in [0.15, 0.2) is 101 Å². The average Bonchev–Trinajstić information content (AvgIpc) is 3.30. The van der Waals surface area contributed by atoms with Crippen molar-refractivity contribution in [3.05, 3.63) is 107 Å². The lowest BCUT2D eigenvalue weighted by Gasteiger charge is -2.28. The van der Waals surface area contributed by atoms with E-state index in [1.54, 1.807) is 4.68 Å². The topological polar surface area (TPSA) is 101 Å². The highest BCUT2D eigenvalue weighted by molar-refractivity contribution is 7.98. The standard InChI is InChI=1S/C28H26N6O2S/c1-18-24(26(36)31-22-11-7-4-8-12-22)25(21-13-15-23(16-14-21)30-19(2)35)34-27(29-18)32-28(33-34)37-17-20-9-5-3-6-10-20/h3-16,25H,17H2,1-2H3,(H,30,35)(H,31,36)(H,29,32,33)/t25-/m1/s1. The number of carbonyl (C=O) groups excluding carboxylic acids is 2. The highest BCUT2D eigenvalue weighted by Crippen LogP contribution is 2.37. The smallest absolute Gasteiger partial charge is 0.255 e. The number of anilines is 3. The number of hydrogen-bond acceptors (Lipinski definition) is 6. The Bertz CT molecular complexity index is 1450. The van der Waals surface area contributed by atoms with Crippen molar-refractivity contribution in [1.29, 1.82) is 0 Å². The van der Waals surface area contributed by atoms with E-state index in [2.05, 4.69) is 28.1 Å². The van der Waals surface area contributed by atoms with Crippen molar-refractivity contribution in [2.75, 3.05) is 16.0 Å². The quantitative estimate of drug-likeness (QED) is 0.286. The number of carbonyl (C=O) groups is 2. The maximum atomic E-state index is 13.6. The van der Waals surface area contributed by atoms with Gasteiger partial charge in [0.1, 0.15) is 6.04 Å². The zero-order chi connectivity index (χ0) is 25.8. The lowest BCUT2D eigenvalue weighted by atomic mass is 9.94. The van der Waals surface area contributed by atoms with Gasteiger partial charge in [-0.2, -0.15) is 4.98 Å². The molecule has 8 nitrogen and oxygen atoms in total. The van der Waals surface area contributed by atoms with Gasteiger partial charge in [0.15, 0.2) is 0 Å². The molecule has 0 saturated heterocycles. The van der Waals surface area contributed by atoms with Gasteiger partial charge >= 0.3 is 0 Å². The Kier molecular flexibility index (Phi) is 7.04. The molecular formula is C28H26N6O2S. The molecule has 0 radical (unpaired) electrons. The normalized spacial score (nSPS) is 14.5. The third kappa shape index (κ3) is 5.57. The van der Waals surface area contributed by atoms with E-state index in [0.29, 0.717) is 33.7 Å². The molecule has 2 amide bonds. The number of benzene rings is 3. The Balaban J connectivity index is 1.49. The fraction of sp³-hybridized carbons (Fsp3) is 0.143. The van der Waals surface area contributed by atoms with Crippen molar-refractivity contribution in [1.82, 2.24) is 14.8 Å². The largest absolute Gasteiger partial charge is 0.328 e. The summed E-state index contributed by atoms with van der Waals surface area (Å²) >= 11 is 1.54. The van der Waals surface area contributed by atoms with Crippen LogP contribution in [0, 0.1) is 0 Å². The molecule has 0 aliphatic carbocycles. The Morgan fingerprint density at radius 2 is 1.57 bits per heavy atom. The Labute approximate surface area is 219 Å². The lowest BCUT2D eigenvalue weighted by Crippen LogP contribution is -2.31. The van der Waals surface area contributed by atoms with Crippen molar-refractivity contribution in [2.45, 2.75) is 30.8 Å². The first-order valence-corrected chi connectivity index (χ1v) is 12.8. The van der Waals surface area contributed by atoms with Gasteiger partial charge in [-0.05, 0) is 42.3 Å². The molecule has 0 unspecified atom stereocenters. The summed E-state index contributed by atoms with van der Waals surface area (Å²) in [6, 6.07) is 26.4. The number of fused-ring (bicyclic) bond motifs is 1. The number of nitrogens with zero attached hydrogens (tertiary/aromatic N) is 3. The monoisotopic (exact) mass is 510 g/mol. The third-order valence-corrected chi connectivity index (χ3v) is 6.78. The first kappa shape index (κ1) is 24.3. The van der Waals surface area contributed by atoms with Crippen LogP contribution in [0.1, 0.15) is 31.0 Å². The van der Waals surface area contributed by atoms with Gasteiger partial charge in [0.2, 0.25) is 17.0 Å². The number of hydrogen-bond donors (Lipinski definition) is 3. The number of thioether (sulfide) groups is 1. The SMILES string of the molecule is CC(=O)Nc1ccc([C@@H]2C(C(=O)Nc3ccccc3)=C(C)Nc3nc(SCc4ccccc4)nn32)cc1. The predicted molar refractivity (Wildman–Crippen MR) is 146 cm³/mol. The van der Waals surface area contributed by atoms with E-state index in [-0.39, 0.29) is 11.8 Å². The van der Waals surface area contributed by atoms with E-state index in [1.807, 2.05) is 79.7 Å². The molecule has 0 saturated carbocycles. The fourth-order valence-electron chi connectivity index (χ4n) is 4.19. The van der Waals surface area contributed by atoms with E-state index in [9.17, 15) is 9.59 Å². The molecule has 3 N–H and O–H groups in total. The van der Waals surface area contributed by atoms with Crippen molar-refractivity contribution < 1.29 is 9.59 Å². The van der Waals surface area contributed by atoms with Gasteiger partial charge in [-0.3, -0.25) is 9.59 Å². The second-order valence-electron chi connectivity index (χ2n) is 8.63. The summed E-state index contributed by atoms with van der Waals surface area (Å²) in [5.74, 6) is 0.924. The summed E-state index contributed by atoms with van der Waals surface area (Å²) in [5.41, 5.74) is 4.64. The fourth-order valence-corrected chi connectivity index (χ4v) is 4.97. The van der Waals surface area contributed by atoms with Crippen LogP contribution < -0.4 is 16.0 Å². The average molecular weight is 511 g/mol.